The molecule has 1 nitrogen and oxygen atoms in total. The third kappa shape index (κ3) is 11.5. The first-order valence-electron chi connectivity index (χ1n) is 5.41. The third-order valence-electron chi connectivity index (χ3n) is 1.97. The highest BCUT2D eigenvalue weighted by molar-refractivity contribution is 4.98. The van der Waals surface area contributed by atoms with Gasteiger partial charge in [-0.25, -0.2) is 0 Å². The molecular weight excluding hydrogens is 160 g/mol. The van der Waals surface area contributed by atoms with E-state index >= 15 is 0 Å². The Kier molecular flexibility index (Phi) is 9.25. The Hall–Kier alpha value is -0.480. The van der Waals surface area contributed by atoms with Crippen molar-refractivity contribution in [2.75, 3.05) is 0 Å². The minimum absolute atomic E-state index is 0.200. The first kappa shape index (κ1) is 12.5. The zero-order valence-corrected chi connectivity index (χ0v) is 8.97. The van der Waals surface area contributed by atoms with E-state index in [9.17, 15) is 0 Å². The van der Waals surface area contributed by atoms with E-state index in [1.54, 1.807) is 0 Å². The lowest BCUT2D eigenvalue weighted by molar-refractivity contribution is 0.186. The summed E-state index contributed by atoms with van der Waals surface area (Å²) in [6, 6.07) is 0. The van der Waals surface area contributed by atoms with Gasteiger partial charge in [-0.2, -0.15) is 0 Å². The highest BCUT2D eigenvalue weighted by atomic mass is 16.3. The van der Waals surface area contributed by atoms with Crippen molar-refractivity contribution in [3.63, 3.8) is 0 Å². The number of aliphatic hydroxyl groups excluding tert-OH is 1. The summed E-state index contributed by atoms with van der Waals surface area (Å²) in [4.78, 5) is 0. The van der Waals surface area contributed by atoms with Gasteiger partial charge in [0.15, 0.2) is 0 Å². The first-order chi connectivity index (χ1) is 6.27. The molecule has 1 N–H and O–H groups in total. The van der Waals surface area contributed by atoms with Gasteiger partial charge in [0.25, 0.3) is 0 Å². The van der Waals surface area contributed by atoms with Gasteiger partial charge in [-0.05, 0) is 19.8 Å². The van der Waals surface area contributed by atoms with Crippen LogP contribution in [0.1, 0.15) is 58.8 Å². The van der Waals surface area contributed by atoms with Gasteiger partial charge in [-0.1, -0.05) is 26.2 Å². The first-order valence-corrected chi connectivity index (χ1v) is 5.41. The second kappa shape index (κ2) is 9.61. The Morgan fingerprint density at radius 2 is 1.77 bits per heavy atom. The molecule has 0 aliphatic carbocycles. The van der Waals surface area contributed by atoms with Crippen LogP contribution >= 0.6 is 0 Å². The molecule has 0 rings (SSSR count). The molecule has 1 unspecified atom stereocenters. The van der Waals surface area contributed by atoms with Crippen LogP contribution in [0, 0.1) is 11.8 Å². The predicted octanol–water partition coefficient (Wildman–Crippen LogP) is 3.12. The quantitative estimate of drug-likeness (QED) is 0.494. The van der Waals surface area contributed by atoms with Gasteiger partial charge in [-0.3, -0.25) is 0 Å². The smallest absolute Gasteiger partial charge is 0.0521 e. The average molecular weight is 182 g/mol. The molecule has 0 aromatic heterocycles. The van der Waals surface area contributed by atoms with Crippen LogP contribution in [0.2, 0.25) is 0 Å². The summed E-state index contributed by atoms with van der Waals surface area (Å²) in [5.74, 6) is 6.22. The van der Waals surface area contributed by atoms with Crippen LogP contribution in [0.25, 0.3) is 0 Å². The van der Waals surface area contributed by atoms with Crippen molar-refractivity contribution >= 4 is 0 Å². The van der Waals surface area contributed by atoms with E-state index in [0.29, 0.717) is 0 Å². The van der Waals surface area contributed by atoms with E-state index in [1.807, 2.05) is 6.92 Å². The highest BCUT2D eigenvalue weighted by Crippen LogP contribution is 2.01. The SMILES string of the molecule is CCCCCCC#CCCC(C)O. The van der Waals surface area contributed by atoms with Crippen molar-refractivity contribution < 1.29 is 5.11 Å². The fourth-order valence-electron chi connectivity index (χ4n) is 1.10. The average Bonchev–Trinajstić information content (AvgIpc) is 2.09. The molecule has 0 aliphatic rings. The van der Waals surface area contributed by atoms with E-state index in [0.717, 1.165) is 19.3 Å². The molecule has 0 aliphatic heterocycles. The van der Waals surface area contributed by atoms with Crippen LogP contribution in [-0.4, -0.2) is 11.2 Å². The summed E-state index contributed by atoms with van der Waals surface area (Å²) >= 11 is 0. The summed E-state index contributed by atoms with van der Waals surface area (Å²) in [6.45, 7) is 4.03. The lowest BCUT2D eigenvalue weighted by atomic mass is 10.1. The number of hydrogen-bond acceptors (Lipinski definition) is 1. The van der Waals surface area contributed by atoms with E-state index < -0.39 is 0 Å². The summed E-state index contributed by atoms with van der Waals surface area (Å²) in [6.07, 6.45) is 7.63. The molecular formula is C12H22O. The fourth-order valence-corrected chi connectivity index (χ4v) is 1.10. The molecule has 0 saturated carbocycles. The van der Waals surface area contributed by atoms with Crippen molar-refractivity contribution in [1.82, 2.24) is 0 Å². The summed E-state index contributed by atoms with van der Waals surface area (Å²) in [5.41, 5.74) is 0. The molecule has 0 bridgehead atoms. The monoisotopic (exact) mass is 182 g/mol. The van der Waals surface area contributed by atoms with Crippen LogP contribution in [0.3, 0.4) is 0 Å². The Labute approximate surface area is 82.5 Å². The second-order valence-electron chi connectivity index (χ2n) is 3.55. The Bertz CT molecular complexity index is 150. The second-order valence-corrected chi connectivity index (χ2v) is 3.55. The number of aliphatic hydroxyl groups is 1. The largest absolute Gasteiger partial charge is 0.393 e. The minimum atomic E-state index is -0.200. The van der Waals surface area contributed by atoms with Gasteiger partial charge in [0.1, 0.15) is 0 Å². The summed E-state index contributed by atoms with van der Waals surface area (Å²) in [5, 5.41) is 8.96. The lowest BCUT2D eigenvalue weighted by Gasteiger charge is -1.96. The molecule has 1 atom stereocenters. The van der Waals surface area contributed by atoms with E-state index in [4.69, 9.17) is 5.11 Å². The molecule has 0 radical (unpaired) electrons. The van der Waals surface area contributed by atoms with Gasteiger partial charge in [0, 0.05) is 12.8 Å². The maximum absolute atomic E-state index is 8.96. The third-order valence-corrected chi connectivity index (χ3v) is 1.97. The van der Waals surface area contributed by atoms with Gasteiger partial charge in [0.05, 0.1) is 6.10 Å². The number of unbranched alkanes of at least 4 members (excludes halogenated alkanes) is 4. The zero-order valence-electron chi connectivity index (χ0n) is 8.97. The molecule has 0 amide bonds. The highest BCUT2D eigenvalue weighted by Gasteiger charge is 1.90. The molecule has 0 heterocycles. The zero-order chi connectivity index (χ0) is 9.94. The van der Waals surface area contributed by atoms with E-state index in [-0.39, 0.29) is 6.10 Å². The van der Waals surface area contributed by atoms with Gasteiger partial charge in [0.2, 0.25) is 0 Å². The Balaban J connectivity index is 3.11. The van der Waals surface area contributed by atoms with Crippen LogP contribution in [0.4, 0.5) is 0 Å². The Morgan fingerprint density at radius 3 is 2.38 bits per heavy atom. The molecule has 1 heteroatoms. The predicted molar refractivity (Wildman–Crippen MR) is 57.4 cm³/mol. The van der Waals surface area contributed by atoms with Gasteiger partial charge in [-0.15, -0.1) is 11.8 Å². The van der Waals surface area contributed by atoms with Crippen molar-refractivity contribution in [3.05, 3.63) is 0 Å². The van der Waals surface area contributed by atoms with Crippen molar-refractivity contribution in [1.29, 1.82) is 0 Å². The molecule has 76 valence electrons. The maximum Gasteiger partial charge on any atom is 0.0521 e. The normalized spacial score (nSPS) is 11.9. The molecule has 0 aromatic carbocycles. The lowest BCUT2D eigenvalue weighted by Crippen LogP contribution is -1.96. The molecule has 0 spiro atoms. The molecule has 13 heavy (non-hydrogen) atoms. The van der Waals surface area contributed by atoms with E-state index in [2.05, 4.69) is 18.8 Å². The van der Waals surface area contributed by atoms with Crippen LogP contribution in [-0.2, 0) is 0 Å². The molecule has 0 aromatic rings. The summed E-state index contributed by atoms with van der Waals surface area (Å²) in [7, 11) is 0. The summed E-state index contributed by atoms with van der Waals surface area (Å²) < 4.78 is 0. The Morgan fingerprint density at radius 1 is 1.08 bits per heavy atom. The standard InChI is InChI=1S/C12H22O/c1-3-4-5-6-7-8-9-10-11-12(2)13/h12-13H,3-7,10-11H2,1-2H3. The topological polar surface area (TPSA) is 20.2 Å². The fraction of sp³-hybridized carbons (Fsp3) is 0.833. The van der Waals surface area contributed by atoms with Crippen molar-refractivity contribution in [2.45, 2.75) is 64.9 Å². The molecule has 0 fully saturated rings. The van der Waals surface area contributed by atoms with Crippen molar-refractivity contribution in [3.8, 4) is 11.8 Å². The van der Waals surface area contributed by atoms with Gasteiger partial charge >= 0.3 is 0 Å². The number of rotatable bonds is 6. The number of hydrogen-bond donors (Lipinski definition) is 1. The van der Waals surface area contributed by atoms with Crippen LogP contribution in [0.5, 0.6) is 0 Å². The van der Waals surface area contributed by atoms with Crippen molar-refractivity contribution in [2.24, 2.45) is 0 Å². The minimum Gasteiger partial charge on any atom is -0.393 e. The van der Waals surface area contributed by atoms with Gasteiger partial charge < -0.3 is 5.11 Å². The van der Waals surface area contributed by atoms with Crippen LogP contribution in [0.15, 0.2) is 0 Å². The molecule has 0 saturated heterocycles. The maximum atomic E-state index is 8.96. The van der Waals surface area contributed by atoms with E-state index in [1.165, 1.54) is 25.7 Å². The van der Waals surface area contributed by atoms with Crippen LogP contribution < -0.4 is 0 Å².